The summed E-state index contributed by atoms with van der Waals surface area (Å²) in [5.74, 6) is -2.32. The molecule has 2 aromatic rings. The molecule has 2 aliphatic rings. The lowest BCUT2D eigenvalue weighted by molar-refractivity contribution is -0.00683. The van der Waals surface area contributed by atoms with Crippen molar-refractivity contribution < 1.29 is 8.78 Å². The van der Waals surface area contributed by atoms with Gasteiger partial charge in [-0.25, -0.2) is 13.3 Å². The zero-order chi connectivity index (χ0) is 21.0. The molecule has 1 atom stereocenters. The monoisotopic (exact) mass is 443 g/mol. The summed E-state index contributed by atoms with van der Waals surface area (Å²) in [5, 5.41) is 0.499. The molecule has 0 radical (unpaired) electrons. The number of alkyl halides is 2. The number of nitrogen functional groups attached to an aromatic ring is 1. The van der Waals surface area contributed by atoms with Crippen molar-refractivity contribution in [3.63, 3.8) is 0 Å². The number of piperidine rings is 1. The van der Waals surface area contributed by atoms with Gasteiger partial charge in [-0.3, -0.25) is 4.79 Å². The molecule has 4 rings (SSSR count). The third kappa shape index (κ3) is 3.58. The maximum atomic E-state index is 13.8. The number of hydrogen-bond donors (Lipinski definition) is 2. The van der Waals surface area contributed by atoms with Crippen molar-refractivity contribution in [2.45, 2.75) is 37.6 Å². The van der Waals surface area contributed by atoms with E-state index in [1.807, 2.05) is 4.90 Å². The highest BCUT2D eigenvalue weighted by atomic mass is 35.5. The Labute approximate surface area is 176 Å². The van der Waals surface area contributed by atoms with Crippen molar-refractivity contribution in [2.75, 3.05) is 23.7 Å². The zero-order valence-electron chi connectivity index (χ0n) is 15.5. The minimum absolute atomic E-state index is 0.0268. The summed E-state index contributed by atoms with van der Waals surface area (Å²) >= 11 is 12.2. The second kappa shape index (κ2) is 7.11. The van der Waals surface area contributed by atoms with Gasteiger partial charge in [0.2, 0.25) is 11.9 Å². The lowest BCUT2D eigenvalue weighted by Crippen LogP contribution is -2.47. The van der Waals surface area contributed by atoms with E-state index in [2.05, 4.69) is 4.98 Å². The molecule has 1 saturated carbocycles. The molecule has 1 aliphatic heterocycles. The lowest BCUT2D eigenvalue weighted by atomic mass is 9.74. The van der Waals surface area contributed by atoms with E-state index in [0.29, 0.717) is 42.5 Å². The van der Waals surface area contributed by atoms with Crippen LogP contribution in [-0.4, -0.2) is 34.6 Å². The summed E-state index contributed by atoms with van der Waals surface area (Å²) in [7, 11) is 0. The van der Waals surface area contributed by atoms with Crippen LogP contribution >= 0.6 is 23.2 Å². The maximum absolute atomic E-state index is 13.8. The summed E-state index contributed by atoms with van der Waals surface area (Å²) in [6.07, 6.45) is 0.594. The quantitative estimate of drug-likeness (QED) is 0.741. The van der Waals surface area contributed by atoms with Gasteiger partial charge in [-0.2, -0.15) is 4.98 Å². The highest BCUT2D eigenvalue weighted by Gasteiger charge is 2.55. The average molecular weight is 444 g/mol. The Bertz CT molecular complexity index is 1000. The second-order valence-corrected chi connectivity index (χ2v) is 8.70. The number of hydrogen-bond acceptors (Lipinski definition) is 5. The fourth-order valence-corrected chi connectivity index (χ4v) is 4.92. The van der Waals surface area contributed by atoms with E-state index in [-0.39, 0.29) is 23.8 Å². The van der Waals surface area contributed by atoms with Crippen LogP contribution in [0, 0.1) is 5.41 Å². The molecule has 1 aromatic carbocycles. The van der Waals surface area contributed by atoms with Crippen molar-refractivity contribution in [2.24, 2.45) is 11.1 Å². The third-order valence-electron chi connectivity index (χ3n) is 6.10. The van der Waals surface area contributed by atoms with Gasteiger partial charge in [0.05, 0.1) is 15.7 Å². The normalized spacial score (nSPS) is 22.9. The SMILES string of the molecule is Nc1nc(N2CCC3(CC2)CC(F)(F)C[C@H]3N)cc(=O)n1-c1cccc(Cl)c1Cl. The van der Waals surface area contributed by atoms with Crippen molar-refractivity contribution >= 4 is 35.0 Å². The van der Waals surface area contributed by atoms with E-state index in [9.17, 15) is 13.6 Å². The van der Waals surface area contributed by atoms with Gasteiger partial charge < -0.3 is 16.4 Å². The molecule has 1 saturated heterocycles. The summed E-state index contributed by atoms with van der Waals surface area (Å²) < 4.78 is 28.9. The molecule has 2 fully saturated rings. The fraction of sp³-hybridized carbons (Fsp3) is 0.474. The van der Waals surface area contributed by atoms with E-state index < -0.39 is 22.9 Å². The predicted octanol–water partition coefficient (Wildman–Crippen LogP) is 3.46. The van der Waals surface area contributed by atoms with Crippen LogP contribution in [0.5, 0.6) is 0 Å². The Morgan fingerprint density at radius 2 is 1.90 bits per heavy atom. The van der Waals surface area contributed by atoms with Crippen LogP contribution in [0.3, 0.4) is 0 Å². The van der Waals surface area contributed by atoms with Gasteiger partial charge >= 0.3 is 0 Å². The Morgan fingerprint density at radius 3 is 2.48 bits per heavy atom. The van der Waals surface area contributed by atoms with E-state index in [0.717, 1.165) is 0 Å². The molecule has 0 amide bonds. The lowest BCUT2D eigenvalue weighted by Gasteiger charge is -2.42. The van der Waals surface area contributed by atoms with Gasteiger partial charge in [-0.05, 0) is 30.4 Å². The maximum Gasteiger partial charge on any atom is 0.261 e. The number of anilines is 2. The molecule has 156 valence electrons. The molecule has 1 aromatic heterocycles. The van der Waals surface area contributed by atoms with E-state index in [1.54, 1.807) is 18.2 Å². The van der Waals surface area contributed by atoms with Gasteiger partial charge in [-0.15, -0.1) is 0 Å². The highest BCUT2D eigenvalue weighted by Crippen LogP contribution is 2.52. The highest BCUT2D eigenvalue weighted by molar-refractivity contribution is 6.43. The first-order valence-electron chi connectivity index (χ1n) is 9.34. The van der Waals surface area contributed by atoms with Crippen LogP contribution in [0.25, 0.3) is 5.69 Å². The summed E-state index contributed by atoms with van der Waals surface area (Å²) in [6, 6.07) is 5.75. The van der Waals surface area contributed by atoms with Gasteiger partial charge in [0.15, 0.2) is 0 Å². The predicted molar refractivity (Wildman–Crippen MR) is 110 cm³/mol. The smallest absolute Gasteiger partial charge is 0.261 e. The van der Waals surface area contributed by atoms with Gasteiger partial charge in [0.25, 0.3) is 5.56 Å². The Morgan fingerprint density at radius 1 is 1.21 bits per heavy atom. The molecule has 2 heterocycles. The first kappa shape index (κ1) is 20.4. The summed E-state index contributed by atoms with van der Waals surface area (Å²) in [4.78, 5) is 19.0. The molecular weight excluding hydrogens is 423 g/mol. The van der Waals surface area contributed by atoms with E-state index >= 15 is 0 Å². The van der Waals surface area contributed by atoms with E-state index in [1.165, 1.54) is 10.6 Å². The van der Waals surface area contributed by atoms with Gasteiger partial charge in [0.1, 0.15) is 5.82 Å². The molecule has 29 heavy (non-hydrogen) atoms. The van der Waals surface area contributed by atoms with Crippen molar-refractivity contribution in [3.8, 4) is 5.69 Å². The van der Waals surface area contributed by atoms with Crippen LogP contribution in [-0.2, 0) is 0 Å². The number of aromatic nitrogens is 2. The largest absolute Gasteiger partial charge is 0.369 e. The molecular formula is C19H21Cl2F2N5O. The molecule has 1 spiro atoms. The third-order valence-corrected chi connectivity index (χ3v) is 6.91. The minimum Gasteiger partial charge on any atom is -0.369 e. The summed E-state index contributed by atoms with van der Waals surface area (Å²) in [5.41, 5.74) is 11.5. The Hall–Kier alpha value is -1.90. The van der Waals surface area contributed by atoms with Crippen molar-refractivity contribution in [1.82, 2.24) is 9.55 Å². The van der Waals surface area contributed by atoms with Crippen molar-refractivity contribution in [3.05, 3.63) is 44.7 Å². The summed E-state index contributed by atoms with van der Waals surface area (Å²) in [6.45, 7) is 0.967. The minimum atomic E-state index is -2.71. The molecule has 6 nitrogen and oxygen atoms in total. The molecule has 0 unspecified atom stereocenters. The van der Waals surface area contributed by atoms with Crippen LogP contribution in [0.2, 0.25) is 10.0 Å². The number of benzene rings is 1. The Kier molecular flexibility index (Phi) is 4.99. The number of halogens is 4. The van der Waals surface area contributed by atoms with E-state index in [4.69, 9.17) is 34.7 Å². The van der Waals surface area contributed by atoms with Crippen LogP contribution in [0.4, 0.5) is 20.5 Å². The first-order valence-corrected chi connectivity index (χ1v) is 10.1. The molecule has 0 bridgehead atoms. The van der Waals surface area contributed by atoms with Gasteiger partial charge in [-0.1, -0.05) is 29.3 Å². The molecule has 1 aliphatic carbocycles. The van der Waals surface area contributed by atoms with Crippen LogP contribution in [0.1, 0.15) is 25.7 Å². The van der Waals surface area contributed by atoms with Gasteiger partial charge in [0, 0.05) is 38.0 Å². The molecule has 10 heteroatoms. The first-order chi connectivity index (χ1) is 13.6. The Balaban J connectivity index is 1.59. The topological polar surface area (TPSA) is 90.2 Å². The second-order valence-electron chi connectivity index (χ2n) is 7.91. The number of rotatable bonds is 2. The number of nitrogens with zero attached hydrogens (tertiary/aromatic N) is 3. The van der Waals surface area contributed by atoms with Crippen LogP contribution < -0.4 is 21.9 Å². The molecule has 4 N–H and O–H groups in total. The average Bonchev–Trinajstić information content (AvgIpc) is 2.86. The van der Waals surface area contributed by atoms with Crippen molar-refractivity contribution in [1.29, 1.82) is 0 Å². The van der Waals surface area contributed by atoms with Crippen LogP contribution in [0.15, 0.2) is 29.1 Å². The zero-order valence-corrected chi connectivity index (χ0v) is 17.1. The fourth-order valence-electron chi connectivity index (χ4n) is 4.54. The number of nitrogens with two attached hydrogens (primary N) is 2. The standard InChI is InChI=1S/C19H21Cl2F2N5O/c20-11-2-1-3-12(16(11)21)28-15(29)8-14(26-17(28)25)27-6-4-18(5-7-27)10-19(22,23)9-13(18)24/h1-3,8,13H,4-7,9-10,24H2,(H2,25,26)/t13-/m1/s1.